The summed E-state index contributed by atoms with van der Waals surface area (Å²) in [6.07, 6.45) is 7.84. The fraction of sp³-hybridized carbons (Fsp3) is 0.0339. The van der Waals surface area contributed by atoms with Gasteiger partial charge in [0.25, 0.3) is 0 Å². The van der Waals surface area contributed by atoms with Crippen molar-refractivity contribution in [3.8, 4) is 11.1 Å². The van der Waals surface area contributed by atoms with Crippen molar-refractivity contribution in [2.45, 2.75) is 12.5 Å². The number of para-hydroxylation sites is 2. The Kier molecular flexibility index (Phi) is 8.64. The van der Waals surface area contributed by atoms with Crippen LogP contribution >= 0.6 is 0 Å². The zero-order valence-electron chi connectivity index (χ0n) is 34.1. The van der Waals surface area contributed by atoms with Crippen molar-refractivity contribution < 1.29 is 0 Å². The van der Waals surface area contributed by atoms with Crippen LogP contribution in [0.25, 0.3) is 54.6 Å². The van der Waals surface area contributed by atoms with Crippen molar-refractivity contribution in [1.82, 2.24) is 4.98 Å². The Morgan fingerprint density at radius 1 is 0.468 bits per heavy atom. The van der Waals surface area contributed by atoms with Gasteiger partial charge in [0.1, 0.15) is 5.82 Å². The van der Waals surface area contributed by atoms with Crippen LogP contribution in [-0.2, 0) is 6.42 Å². The molecule has 0 bridgehead atoms. The zero-order valence-corrected chi connectivity index (χ0v) is 34.1. The largest absolute Gasteiger partial charge is 0.330 e. The van der Waals surface area contributed by atoms with E-state index in [1.54, 1.807) is 0 Å². The Labute approximate surface area is 361 Å². The van der Waals surface area contributed by atoms with Gasteiger partial charge in [0.15, 0.2) is 0 Å². The van der Waals surface area contributed by atoms with Gasteiger partial charge in [-0.25, -0.2) is 4.98 Å². The molecule has 1 unspecified atom stereocenters. The summed E-state index contributed by atoms with van der Waals surface area (Å²) >= 11 is 0. The Morgan fingerprint density at radius 3 is 1.81 bits per heavy atom. The molecule has 2 aliphatic carbocycles. The van der Waals surface area contributed by atoms with E-state index < -0.39 is 0 Å². The molecule has 0 N–H and O–H groups in total. The zero-order chi connectivity index (χ0) is 41.0. The van der Waals surface area contributed by atoms with Gasteiger partial charge in [0.2, 0.25) is 0 Å². The van der Waals surface area contributed by atoms with E-state index in [-0.39, 0.29) is 6.04 Å². The maximum absolute atomic E-state index is 5.18. The second-order valence-corrected chi connectivity index (χ2v) is 16.3. The van der Waals surface area contributed by atoms with E-state index in [9.17, 15) is 0 Å². The van der Waals surface area contributed by atoms with Crippen molar-refractivity contribution in [2.75, 3.05) is 9.80 Å². The van der Waals surface area contributed by atoms with Gasteiger partial charge in [0.05, 0.1) is 11.7 Å². The highest BCUT2D eigenvalue weighted by atomic mass is 15.2. The third kappa shape index (κ3) is 6.01. The summed E-state index contributed by atoms with van der Waals surface area (Å²) in [6.45, 7) is 0. The minimum Gasteiger partial charge on any atom is -0.330 e. The number of hydrogen-bond donors (Lipinski definition) is 0. The molecule has 0 spiro atoms. The van der Waals surface area contributed by atoms with Crippen LogP contribution in [0.2, 0.25) is 0 Å². The first-order chi connectivity index (χ1) is 30.8. The third-order valence-electron chi connectivity index (χ3n) is 12.7. The summed E-state index contributed by atoms with van der Waals surface area (Å²) in [4.78, 5) is 10.1. The van der Waals surface area contributed by atoms with Crippen LogP contribution in [0.15, 0.2) is 231 Å². The molecule has 0 radical (unpaired) electrons. The number of benzene rings is 9. The number of hydrogen-bond acceptors (Lipinski definition) is 3. The van der Waals surface area contributed by atoms with Gasteiger partial charge in [0, 0.05) is 34.0 Å². The third-order valence-corrected chi connectivity index (χ3v) is 12.7. The van der Waals surface area contributed by atoms with E-state index in [1.165, 1.54) is 66.1 Å². The molecule has 1 heterocycles. The highest BCUT2D eigenvalue weighted by Gasteiger charge is 2.36. The first-order valence-electron chi connectivity index (χ1n) is 21.5. The van der Waals surface area contributed by atoms with Gasteiger partial charge in [-0.05, 0) is 127 Å². The van der Waals surface area contributed by atoms with Crippen molar-refractivity contribution in [3.63, 3.8) is 0 Å². The number of nitrogens with zero attached hydrogens (tertiary/aromatic N) is 3. The molecule has 0 aliphatic heterocycles. The SMILES string of the molecule is C1=C(c2ccccc2)c2ccc3c(N(c4ccccc4)c4cc5ccccc5cn4)cc(-c4ccccc4)c4c3c2C(=CC4)C1N(c1ccccc1)c1ccc2ccccc2c1. The summed E-state index contributed by atoms with van der Waals surface area (Å²) < 4.78 is 0. The molecule has 12 rings (SSSR count). The van der Waals surface area contributed by atoms with Gasteiger partial charge in [-0.3, -0.25) is 4.90 Å². The van der Waals surface area contributed by atoms with E-state index in [2.05, 4.69) is 234 Å². The highest BCUT2D eigenvalue weighted by Crippen LogP contribution is 2.53. The van der Waals surface area contributed by atoms with E-state index >= 15 is 0 Å². The lowest BCUT2D eigenvalue weighted by Gasteiger charge is -2.40. The van der Waals surface area contributed by atoms with Crippen molar-refractivity contribution in [1.29, 1.82) is 0 Å². The smallest absolute Gasteiger partial charge is 0.138 e. The molecule has 9 aromatic carbocycles. The number of rotatable bonds is 8. The average Bonchev–Trinajstić information content (AvgIpc) is 3.35. The summed E-state index contributed by atoms with van der Waals surface area (Å²) in [5.74, 6) is 0.878. The summed E-state index contributed by atoms with van der Waals surface area (Å²) in [6, 6.07) is 76.9. The van der Waals surface area contributed by atoms with Crippen LogP contribution in [0.5, 0.6) is 0 Å². The predicted octanol–water partition coefficient (Wildman–Crippen LogP) is 15.3. The van der Waals surface area contributed by atoms with Crippen LogP contribution in [0.3, 0.4) is 0 Å². The monoisotopic (exact) mass is 791 g/mol. The molecule has 0 fully saturated rings. The maximum atomic E-state index is 5.18. The quantitative estimate of drug-likeness (QED) is 0.153. The van der Waals surface area contributed by atoms with Crippen LogP contribution in [-0.4, -0.2) is 11.0 Å². The van der Waals surface area contributed by atoms with Crippen LogP contribution in [0.4, 0.5) is 28.6 Å². The fourth-order valence-electron chi connectivity index (χ4n) is 9.92. The Morgan fingerprint density at radius 2 is 1.08 bits per heavy atom. The number of pyridine rings is 1. The summed E-state index contributed by atoms with van der Waals surface area (Å²) in [7, 11) is 0. The first kappa shape index (κ1) is 35.9. The Balaban J connectivity index is 1.17. The summed E-state index contributed by atoms with van der Waals surface area (Å²) in [5, 5.41) is 7.23. The normalized spacial score (nSPS) is 14.1. The molecule has 0 saturated carbocycles. The Bertz CT molecular complexity index is 3370. The molecular formula is C59H41N3. The molecule has 2 aliphatic rings. The average molecular weight is 792 g/mol. The number of fused-ring (bicyclic) bond motifs is 2. The molecule has 10 aromatic rings. The topological polar surface area (TPSA) is 19.4 Å². The Hall–Kier alpha value is -8.01. The number of anilines is 5. The van der Waals surface area contributed by atoms with Crippen LogP contribution in [0, 0.1) is 0 Å². The lowest BCUT2D eigenvalue weighted by atomic mass is 9.73. The minimum atomic E-state index is -0.101. The second kappa shape index (κ2) is 14.9. The van der Waals surface area contributed by atoms with E-state index in [4.69, 9.17) is 4.98 Å². The lowest BCUT2D eigenvalue weighted by molar-refractivity contribution is 0.947. The first-order valence-corrected chi connectivity index (χ1v) is 21.5. The van der Waals surface area contributed by atoms with Gasteiger partial charge < -0.3 is 4.90 Å². The second-order valence-electron chi connectivity index (χ2n) is 16.3. The van der Waals surface area contributed by atoms with Crippen LogP contribution in [0.1, 0.15) is 22.3 Å². The lowest BCUT2D eigenvalue weighted by Crippen LogP contribution is -2.34. The van der Waals surface area contributed by atoms with Gasteiger partial charge in [-0.15, -0.1) is 0 Å². The minimum absolute atomic E-state index is 0.101. The number of aromatic nitrogens is 1. The van der Waals surface area contributed by atoms with E-state index in [1.807, 2.05) is 6.20 Å². The molecular weight excluding hydrogens is 751 g/mol. The molecule has 3 heteroatoms. The van der Waals surface area contributed by atoms with Gasteiger partial charge in [-0.2, -0.15) is 0 Å². The maximum Gasteiger partial charge on any atom is 0.138 e. The molecule has 292 valence electrons. The predicted molar refractivity (Wildman–Crippen MR) is 261 cm³/mol. The molecule has 3 nitrogen and oxygen atoms in total. The highest BCUT2D eigenvalue weighted by molar-refractivity contribution is 6.15. The van der Waals surface area contributed by atoms with Crippen molar-refractivity contribution in [2.24, 2.45) is 0 Å². The van der Waals surface area contributed by atoms with Crippen LogP contribution < -0.4 is 9.80 Å². The molecule has 1 atom stereocenters. The van der Waals surface area contributed by atoms with Gasteiger partial charge >= 0.3 is 0 Å². The van der Waals surface area contributed by atoms with Crippen molar-refractivity contribution >= 4 is 72.0 Å². The standard InChI is InChI=1S/C59H41N3/c1-5-18-41(19-6-1)53-37-55(61(46-25-9-3-10-26-46)48-30-29-40-17-13-14-22-43(40)35-48)51-33-31-50-54(42-20-7-2-8-21-42)38-56(52-34-32-49(53)58(51)59(50)52)62(47-27-11-4-12-28-47)57-36-44-23-15-16-24-45(44)39-60-57/h1-30,32-39,55H,31H2. The molecule has 62 heavy (non-hydrogen) atoms. The molecule has 0 saturated heterocycles. The molecule has 0 amide bonds. The van der Waals surface area contributed by atoms with Crippen molar-refractivity contribution in [3.05, 3.63) is 253 Å². The van der Waals surface area contributed by atoms with E-state index in [0.29, 0.717) is 0 Å². The van der Waals surface area contributed by atoms with Gasteiger partial charge in [-0.1, -0.05) is 170 Å². The van der Waals surface area contributed by atoms with E-state index in [0.717, 1.165) is 45.8 Å². The molecule has 1 aromatic heterocycles. The summed E-state index contributed by atoms with van der Waals surface area (Å²) in [5.41, 5.74) is 14.6. The number of allylic oxidation sites excluding steroid dienone is 1. The fourth-order valence-corrected chi connectivity index (χ4v) is 9.92.